The summed E-state index contributed by atoms with van der Waals surface area (Å²) in [7, 11) is 0. The molecule has 0 saturated heterocycles. The van der Waals surface area contributed by atoms with Gasteiger partial charge in [-0.15, -0.1) is 11.3 Å². The first-order chi connectivity index (χ1) is 25.2. The maximum Gasteiger partial charge on any atom is 0.394 e. The molecular formula is C48H44F3NS. The Morgan fingerprint density at radius 1 is 0.642 bits per heavy atom. The fourth-order valence-corrected chi connectivity index (χ4v) is 9.15. The lowest BCUT2D eigenvalue weighted by Crippen LogP contribution is -2.34. The number of pyridine rings is 1. The SMILES string of the molecule is CC(C)(C)c1cc(-c2nccc3c(-c4cc5ccc4CCc4ccc(cc4)CC5)c(-c4ccc(CC(C)(C)C(F)(F)F)cc4)sc23)cc2ccccc12. The van der Waals surface area contributed by atoms with E-state index in [1.807, 2.05) is 30.5 Å². The molecule has 0 saturated carbocycles. The number of alkyl halides is 3. The first-order valence-corrected chi connectivity index (χ1v) is 19.4. The van der Waals surface area contributed by atoms with Gasteiger partial charge >= 0.3 is 6.18 Å². The van der Waals surface area contributed by atoms with Crippen molar-refractivity contribution in [1.29, 1.82) is 0 Å². The van der Waals surface area contributed by atoms with Gasteiger partial charge in [0, 0.05) is 27.6 Å². The largest absolute Gasteiger partial charge is 0.394 e. The van der Waals surface area contributed by atoms with E-state index in [4.69, 9.17) is 4.98 Å². The molecule has 5 aromatic carbocycles. The van der Waals surface area contributed by atoms with Crippen molar-refractivity contribution in [3.05, 3.63) is 149 Å². The monoisotopic (exact) mass is 723 g/mol. The molecule has 11 rings (SSSR count). The topological polar surface area (TPSA) is 12.9 Å². The predicted octanol–water partition coefficient (Wildman–Crippen LogP) is 13.8. The van der Waals surface area contributed by atoms with Crippen molar-refractivity contribution in [3.63, 3.8) is 0 Å². The molecule has 0 fully saturated rings. The van der Waals surface area contributed by atoms with Gasteiger partial charge in [0.1, 0.15) is 0 Å². The van der Waals surface area contributed by atoms with Crippen LogP contribution in [0.2, 0.25) is 0 Å². The maximum absolute atomic E-state index is 13.9. The van der Waals surface area contributed by atoms with E-state index < -0.39 is 11.6 Å². The Hall–Kier alpha value is -4.74. The molecule has 0 aliphatic heterocycles. The number of nitrogens with zero attached hydrogens (tertiary/aromatic N) is 1. The molecule has 0 unspecified atom stereocenters. The Bertz CT molecular complexity index is 2460. The second-order valence-electron chi connectivity index (χ2n) is 16.4. The van der Waals surface area contributed by atoms with Crippen molar-refractivity contribution in [2.75, 3.05) is 0 Å². The van der Waals surface area contributed by atoms with Crippen molar-refractivity contribution in [1.82, 2.24) is 4.98 Å². The third-order valence-electron chi connectivity index (χ3n) is 11.0. The standard InChI is InChI=1S/C48H44F3NS/c1-46(2,3)41-28-37(27-36-8-6-7-9-38(36)41)43-45-39(24-25-52-43)42(44(53-45)35-22-18-33(19-23-35)29-47(4,5)48(49,50)51)40-26-32-15-14-30-10-12-31(13-11-30)16-20-34(40)21-17-32/h6-13,17-19,21-28H,14-16,20,29H2,1-5H3. The molecule has 1 nitrogen and oxygen atoms in total. The molecule has 4 aliphatic rings. The summed E-state index contributed by atoms with van der Waals surface area (Å²) in [6.07, 6.45) is 1.32. The minimum Gasteiger partial charge on any atom is -0.255 e. The number of aryl methyl sites for hydroxylation is 4. The van der Waals surface area contributed by atoms with Crippen LogP contribution in [0.15, 0.2) is 115 Å². The number of thiophene rings is 1. The molecule has 0 N–H and O–H groups in total. The van der Waals surface area contributed by atoms with Crippen molar-refractivity contribution in [3.8, 4) is 32.8 Å². The summed E-state index contributed by atoms with van der Waals surface area (Å²) < 4.78 is 42.7. The van der Waals surface area contributed by atoms with Crippen molar-refractivity contribution >= 4 is 32.2 Å². The minimum absolute atomic E-state index is 0.0737. The summed E-state index contributed by atoms with van der Waals surface area (Å²) >= 11 is 1.74. The van der Waals surface area contributed by atoms with Crippen LogP contribution in [0.3, 0.4) is 0 Å². The Balaban J connectivity index is 1.34. The molecule has 268 valence electrons. The Labute approximate surface area is 314 Å². The zero-order valence-electron chi connectivity index (χ0n) is 31.0. The number of hydrogen-bond acceptors (Lipinski definition) is 2. The normalized spacial score (nSPS) is 13.8. The van der Waals surface area contributed by atoms with Gasteiger partial charge in [0.2, 0.25) is 0 Å². The minimum atomic E-state index is -4.28. The van der Waals surface area contributed by atoms with Gasteiger partial charge in [-0.3, -0.25) is 4.98 Å². The third kappa shape index (κ3) is 6.81. The molecule has 0 spiro atoms. The molecule has 2 aromatic heterocycles. The summed E-state index contributed by atoms with van der Waals surface area (Å²) in [5, 5.41) is 3.59. The van der Waals surface area contributed by atoms with Gasteiger partial charge in [0.05, 0.1) is 15.8 Å². The summed E-state index contributed by atoms with van der Waals surface area (Å²) in [6, 6.07) is 39.1. The van der Waals surface area contributed by atoms with E-state index in [0.29, 0.717) is 5.56 Å². The van der Waals surface area contributed by atoms with Crippen LogP contribution in [-0.4, -0.2) is 11.2 Å². The van der Waals surface area contributed by atoms with E-state index in [1.165, 1.54) is 63.6 Å². The maximum atomic E-state index is 13.9. The second kappa shape index (κ2) is 13.3. The lowest BCUT2D eigenvalue weighted by molar-refractivity contribution is -0.211. The van der Waals surface area contributed by atoms with Gasteiger partial charge in [-0.2, -0.15) is 13.2 Å². The molecule has 53 heavy (non-hydrogen) atoms. The second-order valence-corrected chi connectivity index (χ2v) is 17.4. The summed E-state index contributed by atoms with van der Waals surface area (Å²) in [6.45, 7) is 9.33. The molecule has 2 heterocycles. The van der Waals surface area contributed by atoms with Crippen LogP contribution >= 0.6 is 11.3 Å². The van der Waals surface area contributed by atoms with Gasteiger partial charge in [-0.1, -0.05) is 126 Å². The summed E-state index contributed by atoms with van der Waals surface area (Å²) in [5.41, 5.74) is 10.8. The van der Waals surface area contributed by atoms with Crippen LogP contribution in [0.1, 0.15) is 68.0 Å². The average molecular weight is 724 g/mol. The zero-order chi connectivity index (χ0) is 37.1. The lowest BCUT2D eigenvalue weighted by Gasteiger charge is -2.27. The molecule has 4 bridgehead atoms. The highest BCUT2D eigenvalue weighted by Gasteiger charge is 2.47. The first-order valence-electron chi connectivity index (χ1n) is 18.6. The summed E-state index contributed by atoms with van der Waals surface area (Å²) in [5.74, 6) is 0. The number of rotatable bonds is 5. The summed E-state index contributed by atoms with van der Waals surface area (Å²) in [4.78, 5) is 6.18. The number of halogens is 3. The highest BCUT2D eigenvalue weighted by molar-refractivity contribution is 7.23. The van der Waals surface area contributed by atoms with E-state index >= 15 is 0 Å². The lowest BCUT2D eigenvalue weighted by atomic mass is 9.82. The van der Waals surface area contributed by atoms with Gasteiger partial charge in [0.15, 0.2) is 0 Å². The molecule has 0 amide bonds. The van der Waals surface area contributed by atoms with Crippen molar-refractivity contribution < 1.29 is 13.2 Å². The third-order valence-corrected chi connectivity index (χ3v) is 12.3. The number of fused-ring (bicyclic) bond motifs is 2. The van der Waals surface area contributed by atoms with Gasteiger partial charge in [-0.05, 0) is 111 Å². The van der Waals surface area contributed by atoms with E-state index in [-0.39, 0.29) is 11.8 Å². The fourth-order valence-electron chi connectivity index (χ4n) is 7.82. The Morgan fingerprint density at radius 2 is 1.30 bits per heavy atom. The molecule has 0 atom stereocenters. The van der Waals surface area contributed by atoms with Crippen LogP contribution in [0, 0.1) is 5.41 Å². The molecule has 5 heteroatoms. The van der Waals surface area contributed by atoms with Crippen LogP contribution < -0.4 is 0 Å². The van der Waals surface area contributed by atoms with Crippen molar-refractivity contribution in [2.45, 2.75) is 78.3 Å². The molecule has 0 radical (unpaired) electrons. The quantitative estimate of drug-likeness (QED) is 0.172. The van der Waals surface area contributed by atoms with Crippen LogP contribution in [0.5, 0.6) is 0 Å². The Kier molecular flexibility index (Phi) is 8.85. The smallest absolute Gasteiger partial charge is 0.255 e. The predicted molar refractivity (Wildman–Crippen MR) is 217 cm³/mol. The number of aromatic nitrogens is 1. The van der Waals surface area contributed by atoms with E-state index in [2.05, 4.69) is 106 Å². The van der Waals surface area contributed by atoms with Crippen LogP contribution in [-0.2, 0) is 37.5 Å². The Morgan fingerprint density at radius 3 is 2.00 bits per heavy atom. The van der Waals surface area contributed by atoms with Gasteiger partial charge < -0.3 is 0 Å². The number of benzene rings is 5. The molecular weight excluding hydrogens is 680 g/mol. The van der Waals surface area contributed by atoms with E-state index in [0.717, 1.165) is 57.5 Å². The molecule has 7 aromatic rings. The number of hydrogen-bond donors (Lipinski definition) is 0. The van der Waals surface area contributed by atoms with E-state index in [9.17, 15) is 13.2 Å². The van der Waals surface area contributed by atoms with Crippen LogP contribution in [0.25, 0.3) is 53.7 Å². The highest BCUT2D eigenvalue weighted by atomic mass is 32.1. The van der Waals surface area contributed by atoms with Gasteiger partial charge in [-0.25, -0.2) is 0 Å². The van der Waals surface area contributed by atoms with Gasteiger partial charge in [0.25, 0.3) is 0 Å². The zero-order valence-corrected chi connectivity index (χ0v) is 31.8. The fraction of sp³-hybridized carbons (Fsp3) is 0.271. The first kappa shape index (κ1) is 35.3. The van der Waals surface area contributed by atoms with E-state index in [1.54, 1.807) is 11.3 Å². The molecule has 4 aliphatic carbocycles. The highest BCUT2D eigenvalue weighted by Crippen LogP contribution is 2.49. The van der Waals surface area contributed by atoms with Crippen LogP contribution in [0.4, 0.5) is 13.2 Å². The average Bonchev–Trinajstić information content (AvgIpc) is 3.51. The van der Waals surface area contributed by atoms with Crippen molar-refractivity contribution in [2.24, 2.45) is 5.41 Å².